The Morgan fingerprint density at radius 1 is 0.694 bits per heavy atom. The van der Waals surface area contributed by atoms with Crippen molar-refractivity contribution in [3.63, 3.8) is 0 Å². The highest BCUT2D eigenvalue weighted by atomic mass is 16.8. The standard InChI is InChI=1S/C45H73NO16/c1-19-8-13-45(46-16-19)20(2)30-27(62-45)15-26-24-7-6-22-14-23(9-11-43(22,4)25(24)10-12-44(26,30)5)57-42-39(61-40-35(53)33(51)31(49)21(3)56-40)37(55)38(29(18-48)59-42)60-41-36(54)34(52)32(50)28(17-47)58-41/h6,19-21,23-42,46-55H,7-18H2,1-5H3/t19-,20-,21-,23-,24+,25-,26-,27-,28+,29+,30-,31-,32+,33+,34-,35+,36+,37-,38+,39+,40+,41-,42+,43-,44-,45-/m0/s1. The molecule has 5 saturated heterocycles. The van der Waals surface area contributed by atoms with Crippen LogP contribution in [-0.4, -0.2) is 176 Å². The topological polar surface area (TPSA) is 259 Å². The van der Waals surface area contributed by atoms with Crippen LogP contribution in [0, 0.1) is 46.3 Å². The van der Waals surface area contributed by atoms with Crippen LogP contribution in [0.1, 0.15) is 92.4 Å². The van der Waals surface area contributed by atoms with Gasteiger partial charge >= 0.3 is 0 Å². The van der Waals surface area contributed by atoms with Gasteiger partial charge in [0, 0.05) is 12.5 Å². The molecule has 5 heterocycles. The molecule has 3 saturated carbocycles. The lowest BCUT2D eigenvalue weighted by Crippen LogP contribution is -2.67. The van der Waals surface area contributed by atoms with E-state index in [2.05, 4.69) is 39.1 Å². The van der Waals surface area contributed by atoms with Crippen molar-refractivity contribution < 1.29 is 79.1 Å². The average Bonchev–Trinajstić information content (AvgIpc) is 3.70. The maximum atomic E-state index is 12.0. The van der Waals surface area contributed by atoms with Crippen LogP contribution in [0.15, 0.2) is 11.6 Å². The van der Waals surface area contributed by atoms with E-state index in [1.165, 1.54) is 25.3 Å². The monoisotopic (exact) mass is 883 g/mol. The van der Waals surface area contributed by atoms with Gasteiger partial charge in [0.1, 0.15) is 72.9 Å². The molecule has 354 valence electrons. The van der Waals surface area contributed by atoms with Crippen molar-refractivity contribution in [2.45, 2.75) is 202 Å². The van der Waals surface area contributed by atoms with E-state index in [0.717, 1.165) is 38.6 Å². The van der Waals surface area contributed by atoms with E-state index in [1.54, 1.807) is 0 Å². The third-order valence-electron chi connectivity index (χ3n) is 17.9. The molecular formula is C45H73NO16. The molecule has 62 heavy (non-hydrogen) atoms. The van der Waals surface area contributed by atoms with Crippen molar-refractivity contribution in [2.75, 3.05) is 19.8 Å². The van der Waals surface area contributed by atoms with Gasteiger partial charge in [-0.3, -0.25) is 5.32 Å². The Kier molecular flexibility index (Phi) is 12.9. The summed E-state index contributed by atoms with van der Waals surface area (Å²) >= 11 is 0. The first-order chi connectivity index (χ1) is 29.4. The van der Waals surface area contributed by atoms with E-state index in [-0.39, 0.29) is 28.8 Å². The predicted molar refractivity (Wildman–Crippen MR) is 216 cm³/mol. The molecule has 0 bridgehead atoms. The third-order valence-corrected chi connectivity index (χ3v) is 17.9. The molecule has 0 aromatic carbocycles. The van der Waals surface area contributed by atoms with Crippen LogP contribution >= 0.6 is 0 Å². The van der Waals surface area contributed by atoms with E-state index in [4.69, 9.17) is 33.2 Å². The summed E-state index contributed by atoms with van der Waals surface area (Å²) in [7, 11) is 0. The predicted octanol–water partition coefficient (Wildman–Crippen LogP) is -0.213. The van der Waals surface area contributed by atoms with Gasteiger partial charge in [0.2, 0.25) is 0 Å². The van der Waals surface area contributed by atoms with E-state index in [0.29, 0.717) is 48.3 Å². The quantitative estimate of drug-likeness (QED) is 0.142. The molecule has 1 spiro atoms. The van der Waals surface area contributed by atoms with Gasteiger partial charge in [0.25, 0.3) is 0 Å². The van der Waals surface area contributed by atoms with Crippen LogP contribution in [0.2, 0.25) is 0 Å². The highest BCUT2D eigenvalue weighted by Gasteiger charge is 2.68. The van der Waals surface area contributed by atoms with Crippen LogP contribution in [-0.2, 0) is 33.2 Å². The first-order valence-corrected chi connectivity index (χ1v) is 23.5. The molecule has 4 aliphatic carbocycles. The van der Waals surface area contributed by atoms with Crippen molar-refractivity contribution in [2.24, 2.45) is 46.3 Å². The molecule has 5 aliphatic heterocycles. The molecule has 8 fully saturated rings. The number of piperidine rings is 1. The van der Waals surface area contributed by atoms with Crippen molar-refractivity contribution >= 4 is 0 Å². The second-order valence-electron chi connectivity index (χ2n) is 21.2. The van der Waals surface area contributed by atoms with E-state index < -0.39 is 105 Å². The van der Waals surface area contributed by atoms with Crippen LogP contribution < -0.4 is 5.32 Å². The lowest BCUT2D eigenvalue weighted by molar-refractivity contribution is -0.389. The fourth-order valence-corrected chi connectivity index (χ4v) is 14.2. The van der Waals surface area contributed by atoms with Crippen molar-refractivity contribution in [1.82, 2.24) is 5.32 Å². The lowest BCUT2D eigenvalue weighted by Gasteiger charge is -2.59. The molecule has 0 radical (unpaired) electrons. The largest absolute Gasteiger partial charge is 0.394 e. The van der Waals surface area contributed by atoms with Crippen LogP contribution in [0.3, 0.4) is 0 Å². The van der Waals surface area contributed by atoms with Gasteiger partial charge in [0.15, 0.2) is 18.9 Å². The van der Waals surface area contributed by atoms with E-state index in [1.807, 2.05) is 0 Å². The Hall–Kier alpha value is -0.940. The molecule has 0 amide bonds. The minimum atomic E-state index is -1.81. The summed E-state index contributed by atoms with van der Waals surface area (Å²) in [6, 6.07) is 0. The smallest absolute Gasteiger partial charge is 0.187 e. The Bertz CT molecular complexity index is 1610. The Morgan fingerprint density at radius 3 is 2.06 bits per heavy atom. The molecule has 10 N–H and O–H groups in total. The summed E-state index contributed by atoms with van der Waals surface area (Å²) < 4.78 is 43.5. The molecule has 26 atom stereocenters. The third kappa shape index (κ3) is 7.49. The highest BCUT2D eigenvalue weighted by molar-refractivity contribution is 5.26. The molecular weight excluding hydrogens is 810 g/mol. The number of hydrogen-bond donors (Lipinski definition) is 10. The minimum Gasteiger partial charge on any atom is -0.394 e. The second-order valence-corrected chi connectivity index (χ2v) is 21.2. The fraction of sp³-hybridized carbons (Fsp3) is 0.956. The van der Waals surface area contributed by atoms with Crippen LogP contribution in [0.4, 0.5) is 0 Å². The molecule has 9 rings (SSSR count). The number of rotatable bonds is 8. The van der Waals surface area contributed by atoms with Crippen molar-refractivity contribution in [1.29, 1.82) is 0 Å². The first kappa shape index (κ1) is 46.2. The maximum Gasteiger partial charge on any atom is 0.187 e. The summed E-state index contributed by atoms with van der Waals surface area (Å²) in [6.45, 7) is 10.9. The molecule has 0 unspecified atom stereocenters. The van der Waals surface area contributed by atoms with Gasteiger partial charge < -0.3 is 79.1 Å². The highest BCUT2D eigenvalue weighted by Crippen LogP contribution is 2.70. The summed E-state index contributed by atoms with van der Waals surface area (Å²) in [4.78, 5) is 0. The van der Waals surface area contributed by atoms with Crippen LogP contribution in [0.25, 0.3) is 0 Å². The van der Waals surface area contributed by atoms with Gasteiger partial charge in [-0.1, -0.05) is 39.3 Å². The number of ether oxygens (including phenoxy) is 7. The summed E-state index contributed by atoms with van der Waals surface area (Å²) in [6.07, 6.45) is -11.6. The van der Waals surface area contributed by atoms with Gasteiger partial charge in [-0.15, -0.1) is 0 Å². The Morgan fingerprint density at radius 2 is 1.37 bits per heavy atom. The molecule has 9 aliphatic rings. The number of nitrogens with one attached hydrogen (secondary N) is 1. The van der Waals surface area contributed by atoms with Gasteiger partial charge in [-0.2, -0.15) is 0 Å². The summed E-state index contributed by atoms with van der Waals surface area (Å²) in [5, 5.41) is 99.6. The van der Waals surface area contributed by atoms with Crippen molar-refractivity contribution in [3.05, 3.63) is 11.6 Å². The zero-order chi connectivity index (χ0) is 44.2. The van der Waals surface area contributed by atoms with Gasteiger partial charge in [-0.05, 0) is 105 Å². The molecule has 0 aromatic heterocycles. The number of hydrogen-bond acceptors (Lipinski definition) is 17. The molecule has 17 heteroatoms. The maximum absolute atomic E-state index is 12.0. The Labute approximate surface area is 364 Å². The van der Waals surface area contributed by atoms with Gasteiger partial charge in [0.05, 0.1) is 31.5 Å². The molecule has 0 aromatic rings. The second kappa shape index (κ2) is 17.3. The Balaban J connectivity index is 0.917. The number of allylic oxidation sites excluding steroid dienone is 1. The lowest BCUT2D eigenvalue weighted by atomic mass is 9.47. The average molecular weight is 884 g/mol. The number of aliphatic hydroxyl groups excluding tert-OH is 9. The summed E-state index contributed by atoms with van der Waals surface area (Å²) in [5.74, 6) is 3.36. The van der Waals surface area contributed by atoms with Crippen LogP contribution in [0.5, 0.6) is 0 Å². The number of fused-ring (bicyclic) bond motifs is 7. The van der Waals surface area contributed by atoms with E-state index >= 15 is 0 Å². The van der Waals surface area contributed by atoms with Gasteiger partial charge in [-0.25, -0.2) is 0 Å². The zero-order valence-corrected chi connectivity index (χ0v) is 36.7. The first-order valence-electron chi connectivity index (χ1n) is 23.5. The normalized spacial score (nSPS) is 57.6. The number of aliphatic hydroxyl groups is 9. The molecule has 17 nitrogen and oxygen atoms in total. The zero-order valence-electron chi connectivity index (χ0n) is 36.7. The fourth-order valence-electron chi connectivity index (χ4n) is 14.2. The minimum absolute atomic E-state index is 0.0233. The SMILES string of the molecule is C[C@H]1CC[C@]2(NC1)O[C@H]1C[C@H]3[C@@H]4CC=C5C[C@@H](O[C@@H]6O[C@H](CO)[C@@H](O[C@@H]7O[C@H](CO)[C@@H](O)[C@H](O)[C@H]7O)[C@H](O)[C@H]6O[C@H]6O[C@@H](C)[C@H](O)[C@@H](O)[C@H]6O)CC[C@]5(C)[C@H]4CC[C@]3(C)[C@H]1[C@@H]2C. The van der Waals surface area contributed by atoms with E-state index in [9.17, 15) is 46.0 Å². The van der Waals surface area contributed by atoms with Crippen molar-refractivity contribution in [3.8, 4) is 0 Å². The summed E-state index contributed by atoms with van der Waals surface area (Å²) in [5.41, 5.74) is 1.35.